The number of hydrogen-bond donors (Lipinski definition) is 0. The van der Waals surface area contributed by atoms with Crippen LogP contribution in [0.1, 0.15) is 37.3 Å². The number of amides is 1. The molecule has 0 unspecified atom stereocenters. The maximum atomic E-state index is 13.5. The molecule has 0 atom stereocenters. The first kappa shape index (κ1) is 26.9. The van der Waals surface area contributed by atoms with E-state index < -0.39 is 15.8 Å². The van der Waals surface area contributed by atoms with Crippen LogP contribution in [0.2, 0.25) is 0 Å². The molecule has 0 aromatic heterocycles. The van der Waals surface area contributed by atoms with Crippen molar-refractivity contribution in [1.29, 1.82) is 0 Å². The number of likely N-dealkylation sites (tertiary alicyclic amines) is 1. The van der Waals surface area contributed by atoms with Gasteiger partial charge < -0.3 is 9.64 Å². The van der Waals surface area contributed by atoms with Crippen LogP contribution in [-0.2, 0) is 19.1 Å². The first-order chi connectivity index (χ1) is 17.7. The van der Waals surface area contributed by atoms with Crippen LogP contribution in [-0.4, -0.2) is 52.1 Å². The highest BCUT2D eigenvalue weighted by Crippen LogP contribution is 2.24. The SMILES string of the molecule is CCOC(=O)CCC(=O)N1CC/C(=C\c2ccc([N+](=O)[O-])cc2)C(=O)/C(=C/c2ccc([N+](=O)[O-])cc2)C1. The van der Waals surface area contributed by atoms with Gasteiger partial charge in [0.1, 0.15) is 0 Å². The third-order valence-corrected chi connectivity index (χ3v) is 5.69. The summed E-state index contributed by atoms with van der Waals surface area (Å²) in [6.45, 7) is 2.11. The highest BCUT2D eigenvalue weighted by Gasteiger charge is 2.26. The van der Waals surface area contributed by atoms with E-state index >= 15 is 0 Å². The van der Waals surface area contributed by atoms with Crippen molar-refractivity contribution in [3.63, 3.8) is 0 Å². The van der Waals surface area contributed by atoms with Crippen molar-refractivity contribution in [3.05, 3.63) is 91.0 Å². The lowest BCUT2D eigenvalue weighted by atomic mass is 9.98. The third kappa shape index (κ3) is 7.40. The molecule has 3 rings (SSSR count). The zero-order valence-electron chi connectivity index (χ0n) is 20.1. The van der Waals surface area contributed by atoms with Crippen molar-refractivity contribution in [1.82, 2.24) is 4.90 Å². The van der Waals surface area contributed by atoms with Crippen molar-refractivity contribution in [3.8, 4) is 0 Å². The minimum Gasteiger partial charge on any atom is -0.466 e. The molecule has 11 heteroatoms. The average molecular weight is 507 g/mol. The number of hydrogen-bond acceptors (Lipinski definition) is 8. The molecule has 1 fully saturated rings. The van der Waals surface area contributed by atoms with Crippen molar-refractivity contribution in [2.45, 2.75) is 26.2 Å². The predicted molar refractivity (Wildman–Crippen MR) is 134 cm³/mol. The number of ether oxygens (including phenoxy) is 1. The van der Waals surface area contributed by atoms with Gasteiger partial charge >= 0.3 is 5.97 Å². The van der Waals surface area contributed by atoms with Crippen LogP contribution in [0.4, 0.5) is 11.4 Å². The predicted octanol–water partition coefficient (Wildman–Crippen LogP) is 4.11. The Morgan fingerprint density at radius 2 is 1.41 bits per heavy atom. The molecule has 1 aliphatic heterocycles. The van der Waals surface area contributed by atoms with Gasteiger partial charge in [-0.15, -0.1) is 0 Å². The number of nitro groups is 2. The summed E-state index contributed by atoms with van der Waals surface area (Å²) in [5, 5.41) is 21.9. The molecule has 2 aromatic carbocycles. The second kappa shape index (κ2) is 12.3. The molecule has 0 aliphatic carbocycles. The third-order valence-electron chi connectivity index (χ3n) is 5.69. The van der Waals surface area contributed by atoms with Crippen LogP contribution in [0, 0.1) is 20.2 Å². The number of benzene rings is 2. The van der Waals surface area contributed by atoms with E-state index in [1.165, 1.54) is 53.4 Å². The van der Waals surface area contributed by atoms with Gasteiger partial charge in [-0.25, -0.2) is 0 Å². The molecule has 1 heterocycles. The van der Waals surface area contributed by atoms with E-state index in [0.717, 1.165) is 0 Å². The van der Waals surface area contributed by atoms with Gasteiger partial charge in [0.25, 0.3) is 11.4 Å². The number of carbonyl (C=O) groups excluding carboxylic acids is 3. The van der Waals surface area contributed by atoms with E-state index in [1.807, 2.05) is 0 Å². The van der Waals surface area contributed by atoms with E-state index in [0.29, 0.717) is 22.3 Å². The van der Waals surface area contributed by atoms with Gasteiger partial charge in [-0.3, -0.25) is 34.6 Å². The fourth-order valence-electron chi connectivity index (χ4n) is 3.78. The number of nitrogens with zero attached hydrogens (tertiary/aromatic N) is 3. The Morgan fingerprint density at radius 1 is 0.892 bits per heavy atom. The Kier molecular flexibility index (Phi) is 8.98. The first-order valence-electron chi connectivity index (χ1n) is 11.6. The second-order valence-corrected chi connectivity index (χ2v) is 8.24. The number of ketones is 1. The Morgan fingerprint density at radius 3 is 1.89 bits per heavy atom. The maximum absolute atomic E-state index is 13.5. The second-order valence-electron chi connectivity index (χ2n) is 8.24. The number of nitro benzene ring substituents is 2. The molecular weight excluding hydrogens is 482 g/mol. The van der Waals surface area contributed by atoms with Gasteiger partial charge in [0.15, 0.2) is 5.78 Å². The molecule has 192 valence electrons. The standard InChI is InChI=1S/C26H25N3O8/c1-2-37-25(31)12-11-24(30)27-14-13-20(15-18-3-7-22(8-4-18)28(33)34)26(32)21(17-27)16-19-5-9-23(10-6-19)29(35)36/h3-10,15-16H,2,11-14,17H2,1H3/b20-15+,21-16+. The van der Waals surface area contributed by atoms with Crippen LogP contribution in [0.15, 0.2) is 59.7 Å². The van der Waals surface area contributed by atoms with Crippen molar-refractivity contribution < 1.29 is 29.0 Å². The maximum Gasteiger partial charge on any atom is 0.306 e. The summed E-state index contributed by atoms with van der Waals surface area (Å²) in [6.07, 6.45) is 3.29. The highest BCUT2D eigenvalue weighted by molar-refractivity contribution is 6.14. The Balaban J connectivity index is 1.91. The molecule has 11 nitrogen and oxygen atoms in total. The molecule has 1 amide bonds. The summed E-state index contributed by atoms with van der Waals surface area (Å²) in [7, 11) is 0. The summed E-state index contributed by atoms with van der Waals surface area (Å²) in [6, 6.07) is 11.4. The van der Waals surface area contributed by atoms with Crippen molar-refractivity contribution in [2.75, 3.05) is 19.7 Å². The van der Waals surface area contributed by atoms with Crippen LogP contribution < -0.4 is 0 Å². The largest absolute Gasteiger partial charge is 0.466 e. The molecule has 37 heavy (non-hydrogen) atoms. The molecular formula is C26H25N3O8. The zero-order chi connectivity index (χ0) is 26.9. The van der Waals surface area contributed by atoms with E-state index in [4.69, 9.17) is 4.74 Å². The van der Waals surface area contributed by atoms with Gasteiger partial charge in [0.2, 0.25) is 5.91 Å². The van der Waals surface area contributed by atoms with Gasteiger partial charge in [-0.1, -0.05) is 0 Å². The fraction of sp³-hybridized carbons (Fsp3) is 0.269. The fourth-order valence-corrected chi connectivity index (χ4v) is 3.78. The number of rotatable bonds is 8. The summed E-state index contributed by atoms with van der Waals surface area (Å²) in [4.78, 5) is 60.4. The molecule has 2 aromatic rings. The Hall–Kier alpha value is -4.67. The van der Waals surface area contributed by atoms with E-state index in [1.54, 1.807) is 19.1 Å². The lowest BCUT2D eigenvalue weighted by molar-refractivity contribution is -0.385. The number of non-ortho nitro benzene ring substituents is 2. The lowest BCUT2D eigenvalue weighted by Crippen LogP contribution is -2.33. The van der Waals surface area contributed by atoms with Crippen molar-refractivity contribution >= 4 is 41.2 Å². The Bertz CT molecular complexity index is 1260. The quantitative estimate of drug-likeness (QED) is 0.224. The average Bonchev–Trinajstić information content (AvgIpc) is 3.02. The number of esters is 1. The highest BCUT2D eigenvalue weighted by atomic mass is 16.6. The monoisotopic (exact) mass is 507 g/mol. The van der Waals surface area contributed by atoms with Gasteiger partial charge in [-0.2, -0.15) is 0 Å². The number of Topliss-reactive ketones (excluding diaryl/α,β-unsaturated/α-hetero) is 1. The lowest BCUT2D eigenvalue weighted by Gasteiger charge is -2.20. The topological polar surface area (TPSA) is 150 Å². The molecule has 0 radical (unpaired) electrons. The van der Waals surface area contributed by atoms with Crippen LogP contribution in [0.25, 0.3) is 12.2 Å². The van der Waals surface area contributed by atoms with Crippen LogP contribution in [0.5, 0.6) is 0 Å². The van der Waals surface area contributed by atoms with Gasteiger partial charge in [-0.05, 0) is 60.9 Å². The van der Waals surface area contributed by atoms with E-state index in [9.17, 15) is 34.6 Å². The first-order valence-corrected chi connectivity index (χ1v) is 11.6. The Labute approximate surface area is 212 Å². The molecule has 0 spiro atoms. The van der Waals surface area contributed by atoms with Crippen LogP contribution in [0.3, 0.4) is 0 Å². The molecule has 1 aliphatic rings. The minimum absolute atomic E-state index is 0.00488. The normalized spacial score (nSPS) is 15.9. The summed E-state index contributed by atoms with van der Waals surface area (Å²) < 4.78 is 4.88. The minimum atomic E-state index is -0.525. The number of carbonyl (C=O) groups is 3. The van der Waals surface area contributed by atoms with Gasteiger partial charge in [0.05, 0.1) is 22.9 Å². The van der Waals surface area contributed by atoms with E-state index in [2.05, 4.69) is 0 Å². The van der Waals surface area contributed by atoms with Crippen LogP contribution >= 0.6 is 0 Å². The summed E-state index contributed by atoms with van der Waals surface area (Å²) >= 11 is 0. The summed E-state index contributed by atoms with van der Waals surface area (Å²) in [5.74, 6) is -1.11. The molecule has 1 saturated heterocycles. The van der Waals surface area contributed by atoms with E-state index in [-0.39, 0.29) is 62.0 Å². The zero-order valence-corrected chi connectivity index (χ0v) is 20.1. The molecule has 0 bridgehead atoms. The molecule has 0 N–H and O–H groups in total. The van der Waals surface area contributed by atoms with Gasteiger partial charge in [0, 0.05) is 54.9 Å². The summed E-state index contributed by atoms with van der Waals surface area (Å²) in [5.41, 5.74) is 1.66. The molecule has 0 saturated carbocycles. The smallest absolute Gasteiger partial charge is 0.306 e. The van der Waals surface area contributed by atoms with Crippen molar-refractivity contribution in [2.24, 2.45) is 0 Å².